The first-order valence-corrected chi connectivity index (χ1v) is 7.33. The van der Waals surface area contributed by atoms with Crippen molar-refractivity contribution in [3.63, 3.8) is 0 Å². The van der Waals surface area contributed by atoms with E-state index in [-0.39, 0.29) is 11.1 Å². The highest BCUT2D eigenvalue weighted by Crippen LogP contribution is 2.29. The van der Waals surface area contributed by atoms with E-state index in [0.717, 1.165) is 21.8 Å². The van der Waals surface area contributed by atoms with Gasteiger partial charge in [0.25, 0.3) is 11.1 Å². The molecule has 1 aliphatic heterocycles. The number of rotatable bonds is 2. The summed E-state index contributed by atoms with van der Waals surface area (Å²) in [6, 6.07) is 11.3. The van der Waals surface area contributed by atoms with Gasteiger partial charge in [0.15, 0.2) is 0 Å². The maximum atomic E-state index is 11.4. The smallest absolute Gasteiger partial charge is 0.290 e. The van der Waals surface area contributed by atoms with Gasteiger partial charge in [0.2, 0.25) is 0 Å². The van der Waals surface area contributed by atoms with E-state index in [2.05, 4.69) is 21.2 Å². The zero-order valence-corrected chi connectivity index (χ0v) is 12.5. The molecule has 2 amide bonds. The third-order valence-corrected chi connectivity index (χ3v) is 3.96. The van der Waals surface area contributed by atoms with Crippen LogP contribution in [0.3, 0.4) is 0 Å². The fraction of sp³-hybridized carbons (Fsp3) is 0. The van der Waals surface area contributed by atoms with Gasteiger partial charge in [0, 0.05) is 16.1 Å². The molecular weight excluding hydrogens is 342 g/mol. The molecule has 1 aromatic heterocycles. The van der Waals surface area contributed by atoms with E-state index in [9.17, 15) is 9.59 Å². The Morgan fingerprint density at radius 3 is 2.75 bits per heavy atom. The first kappa shape index (κ1) is 13.2. The Morgan fingerprint density at radius 1 is 1.20 bits per heavy atom. The summed E-state index contributed by atoms with van der Waals surface area (Å²) in [5.74, 6) is 0.848. The summed E-state index contributed by atoms with van der Waals surface area (Å²) in [4.78, 5) is 22.9. The Bertz CT molecular complexity index is 736. The molecular formula is C14H8BrNO3S. The van der Waals surface area contributed by atoms with Gasteiger partial charge in [-0.15, -0.1) is 0 Å². The number of carbonyl (C=O) groups is 2. The van der Waals surface area contributed by atoms with Crippen LogP contribution in [0.15, 0.2) is 50.2 Å². The number of furan rings is 1. The Hall–Kier alpha value is -1.79. The summed E-state index contributed by atoms with van der Waals surface area (Å²) in [6.45, 7) is 0. The zero-order chi connectivity index (χ0) is 14.1. The number of thioether (sulfide) groups is 1. The topological polar surface area (TPSA) is 59.3 Å². The molecule has 0 aliphatic carbocycles. The second-order valence-electron chi connectivity index (χ2n) is 4.06. The second-order valence-corrected chi connectivity index (χ2v) is 6.00. The number of benzene rings is 1. The van der Waals surface area contributed by atoms with Crippen LogP contribution in [-0.4, -0.2) is 11.1 Å². The van der Waals surface area contributed by atoms with Crippen molar-refractivity contribution in [2.75, 3.05) is 0 Å². The van der Waals surface area contributed by atoms with E-state index in [4.69, 9.17) is 4.42 Å². The number of hydrogen-bond donors (Lipinski definition) is 1. The maximum Gasteiger partial charge on any atom is 0.290 e. The molecule has 0 atom stereocenters. The lowest BCUT2D eigenvalue weighted by Gasteiger charge is -1.97. The predicted molar refractivity (Wildman–Crippen MR) is 81.0 cm³/mol. The molecule has 0 radical (unpaired) electrons. The van der Waals surface area contributed by atoms with E-state index in [1.807, 2.05) is 30.3 Å². The minimum atomic E-state index is -0.389. The summed E-state index contributed by atoms with van der Waals surface area (Å²) in [7, 11) is 0. The van der Waals surface area contributed by atoms with Crippen LogP contribution in [0.1, 0.15) is 5.76 Å². The Balaban J connectivity index is 1.89. The molecule has 0 spiro atoms. The van der Waals surface area contributed by atoms with Crippen molar-refractivity contribution in [3.8, 4) is 11.3 Å². The molecule has 6 heteroatoms. The van der Waals surface area contributed by atoms with Crippen molar-refractivity contribution in [1.29, 1.82) is 0 Å². The third kappa shape index (κ3) is 2.71. The summed E-state index contributed by atoms with van der Waals surface area (Å²) in [5, 5.41) is 1.84. The fourth-order valence-corrected chi connectivity index (χ4v) is 2.84. The van der Waals surface area contributed by atoms with Crippen molar-refractivity contribution in [2.24, 2.45) is 0 Å². The van der Waals surface area contributed by atoms with E-state index < -0.39 is 0 Å². The molecule has 20 heavy (non-hydrogen) atoms. The van der Waals surface area contributed by atoms with Crippen molar-refractivity contribution < 1.29 is 14.0 Å². The highest BCUT2D eigenvalue weighted by molar-refractivity contribution is 9.10. The largest absolute Gasteiger partial charge is 0.457 e. The third-order valence-electron chi connectivity index (χ3n) is 2.65. The molecule has 2 heterocycles. The van der Waals surface area contributed by atoms with Gasteiger partial charge >= 0.3 is 0 Å². The number of halogens is 1. The number of amides is 2. The lowest BCUT2D eigenvalue weighted by molar-refractivity contribution is -0.115. The summed E-state index contributed by atoms with van der Waals surface area (Å²) < 4.78 is 6.63. The van der Waals surface area contributed by atoms with Crippen LogP contribution in [0.5, 0.6) is 0 Å². The molecule has 1 aromatic carbocycles. The summed E-state index contributed by atoms with van der Waals surface area (Å²) in [6.07, 6.45) is 1.56. The minimum absolute atomic E-state index is 0.338. The Labute approximate surface area is 127 Å². The van der Waals surface area contributed by atoms with Gasteiger partial charge in [-0.2, -0.15) is 0 Å². The summed E-state index contributed by atoms with van der Waals surface area (Å²) >= 11 is 4.27. The van der Waals surface area contributed by atoms with E-state index in [0.29, 0.717) is 16.4 Å². The molecule has 1 saturated heterocycles. The highest BCUT2D eigenvalue weighted by atomic mass is 79.9. The molecule has 0 bridgehead atoms. The average molecular weight is 350 g/mol. The average Bonchev–Trinajstić information content (AvgIpc) is 2.97. The molecule has 0 saturated carbocycles. The molecule has 100 valence electrons. The van der Waals surface area contributed by atoms with E-state index in [1.54, 1.807) is 12.1 Å². The van der Waals surface area contributed by atoms with Crippen molar-refractivity contribution >= 4 is 44.9 Å². The molecule has 3 rings (SSSR count). The second kappa shape index (κ2) is 5.30. The number of nitrogens with one attached hydrogen (secondary N) is 1. The lowest BCUT2D eigenvalue weighted by atomic mass is 10.2. The quantitative estimate of drug-likeness (QED) is 0.831. The van der Waals surface area contributed by atoms with E-state index in [1.165, 1.54) is 0 Å². The van der Waals surface area contributed by atoms with Gasteiger partial charge in [-0.3, -0.25) is 14.9 Å². The molecule has 0 unspecified atom stereocenters. The molecule has 4 nitrogen and oxygen atoms in total. The van der Waals surface area contributed by atoms with Gasteiger partial charge < -0.3 is 4.42 Å². The van der Waals surface area contributed by atoms with Crippen molar-refractivity contribution in [1.82, 2.24) is 5.32 Å². The van der Waals surface area contributed by atoms with E-state index >= 15 is 0 Å². The van der Waals surface area contributed by atoms with Crippen molar-refractivity contribution in [2.45, 2.75) is 0 Å². The zero-order valence-electron chi connectivity index (χ0n) is 10.1. The van der Waals surface area contributed by atoms with Crippen LogP contribution < -0.4 is 5.32 Å². The molecule has 1 N–H and O–H groups in total. The first-order valence-electron chi connectivity index (χ1n) is 5.72. The predicted octanol–water partition coefficient (Wildman–Crippen LogP) is 4.03. The monoisotopic (exact) mass is 349 g/mol. The van der Waals surface area contributed by atoms with Crippen LogP contribution in [-0.2, 0) is 4.79 Å². The van der Waals surface area contributed by atoms with Crippen LogP contribution in [0, 0.1) is 0 Å². The molecule has 1 aliphatic rings. The molecule has 1 fully saturated rings. The number of imide groups is 1. The number of hydrogen-bond acceptors (Lipinski definition) is 4. The van der Waals surface area contributed by atoms with Gasteiger partial charge in [-0.05, 0) is 36.0 Å². The van der Waals surface area contributed by atoms with Crippen LogP contribution >= 0.6 is 27.7 Å². The normalized spacial score (nSPS) is 16.8. The standard InChI is InChI=1S/C14H8BrNO3S/c15-9-3-1-2-8(6-9)11-5-4-10(19-11)7-12-13(17)16-14(18)20-12/h1-7H,(H,16,17,18)/b12-7+. The Kier molecular flexibility index (Phi) is 3.50. The number of carbonyl (C=O) groups excluding carboxylic acids is 2. The van der Waals surface area contributed by atoms with Gasteiger partial charge in [0.1, 0.15) is 11.5 Å². The maximum absolute atomic E-state index is 11.4. The summed E-state index contributed by atoms with van der Waals surface area (Å²) in [5.41, 5.74) is 0.934. The van der Waals surface area contributed by atoms with Crippen LogP contribution in [0.2, 0.25) is 0 Å². The first-order chi connectivity index (χ1) is 9.61. The minimum Gasteiger partial charge on any atom is -0.457 e. The fourth-order valence-electron chi connectivity index (χ4n) is 1.78. The highest BCUT2D eigenvalue weighted by Gasteiger charge is 2.25. The van der Waals surface area contributed by atoms with Crippen LogP contribution in [0.4, 0.5) is 4.79 Å². The van der Waals surface area contributed by atoms with Crippen LogP contribution in [0.25, 0.3) is 17.4 Å². The van der Waals surface area contributed by atoms with Gasteiger partial charge in [0.05, 0.1) is 4.91 Å². The van der Waals surface area contributed by atoms with Gasteiger partial charge in [-0.1, -0.05) is 28.1 Å². The SMILES string of the molecule is O=C1NC(=O)/C(=C\c2ccc(-c3cccc(Br)c3)o2)S1. The van der Waals surface area contributed by atoms with Gasteiger partial charge in [-0.25, -0.2) is 0 Å². The Morgan fingerprint density at radius 2 is 2.05 bits per heavy atom. The van der Waals surface area contributed by atoms with Crippen molar-refractivity contribution in [3.05, 3.63) is 51.5 Å². The molecule has 2 aromatic rings. The lowest BCUT2D eigenvalue weighted by Crippen LogP contribution is -2.17.